The van der Waals surface area contributed by atoms with Crippen molar-refractivity contribution in [1.29, 1.82) is 0 Å². The Morgan fingerprint density at radius 3 is 2.29 bits per heavy atom. The molecule has 1 atom stereocenters. The molecule has 94 valence electrons. The van der Waals surface area contributed by atoms with Crippen LogP contribution in [0.4, 0.5) is 0 Å². The molecule has 0 bridgehead atoms. The van der Waals surface area contributed by atoms with Crippen LogP contribution in [0.2, 0.25) is 5.02 Å². The minimum atomic E-state index is -3.46. The van der Waals surface area contributed by atoms with Crippen molar-refractivity contribution in [3.63, 3.8) is 0 Å². The maximum atomic E-state index is 11.7. The van der Waals surface area contributed by atoms with Gasteiger partial charge in [0.2, 0.25) is 5.91 Å². The molecule has 0 saturated carbocycles. The Labute approximate surface area is 105 Å². The van der Waals surface area contributed by atoms with Gasteiger partial charge in [-0.25, -0.2) is 8.42 Å². The van der Waals surface area contributed by atoms with Crippen molar-refractivity contribution >= 4 is 27.3 Å². The van der Waals surface area contributed by atoms with E-state index >= 15 is 0 Å². The second-order valence-corrected chi connectivity index (χ2v) is 6.24. The molecule has 0 radical (unpaired) electrons. The Hall–Kier alpha value is -1.11. The highest BCUT2D eigenvalue weighted by Gasteiger charge is 2.20. The molecular weight excluding hydrogens is 264 g/mol. The second kappa shape index (κ2) is 5.48. The normalized spacial score (nSPS) is 13.3. The van der Waals surface area contributed by atoms with E-state index in [1.165, 1.54) is 0 Å². The number of primary amides is 1. The number of rotatable bonds is 5. The molecule has 4 N–H and O–H groups in total. The molecule has 7 heteroatoms. The Balaban J connectivity index is 2.73. The summed E-state index contributed by atoms with van der Waals surface area (Å²) in [5.74, 6) is -1.47. The van der Waals surface area contributed by atoms with Crippen LogP contribution in [0.15, 0.2) is 24.3 Å². The Morgan fingerprint density at radius 1 is 1.29 bits per heavy atom. The van der Waals surface area contributed by atoms with Gasteiger partial charge in [-0.2, -0.15) is 0 Å². The highest BCUT2D eigenvalue weighted by atomic mass is 35.5. The topological polar surface area (TPSA) is 103 Å². The molecule has 1 aromatic rings. The Kier molecular flexibility index (Phi) is 4.50. The fourth-order valence-electron chi connectivity index (χ4n) is 1.25. The predicted molar refractivity (Wildman–Crippen MR) is 66.1 cm³/mol. The minimum Gasteiger partial charge on any atom is -0.368 e. The lowest BCUT2D eigenvalue weighted by Crippen LogP contribution is -2.42. The molecule has 0 fully saturated rings. The van der Waals surface area contributed by atoms with Gasteiger partial charge in [-0.15, -0.1) is 0 Å². The van der Waals surface area contributed by atoms with Gasteiger partial charge in [0.25, 0.3) is 0 Å². The molecule has 0 saturated heterocycles. The first-order chi connectivity index (χ1) is 7.80. The number of carbonyl (C=O) groups is 1. The van der Waals surface area contributed by atoms with Crippen LogP contribution in [0.1, 0.15) is 5.56 Å². The predicted octanol–water partition coefficient (Wildman–Crippen LogP) is 0.0674. The van der Waals surface area contributed by atoms with Gasteiger partial charge >= 0.3 is 0 Å². The molecule has 0 spiro atoms. The van der Waals surface area contributed by atoms with Crippen LogP contribution in [-0.4, -0.2) is 26.1 Å². The molecule has 0 aromatic heterocycles. The van der Waals surface area contributed by atoms with Crippen molar-refractivity contribution in [3.8, 4) is 0 Å². The number of hydrogen-bond donors (Lipinski definition) is 2. The van der Waals surface area contributed by atoms with Crippen molar-refractivity contribution in [2.75, 3.05) is 5.75 Å². The molecule has 1 aromatic carbocycles. The lowest BCUT2D eigenvalue weighted by Gasteiger charge is -2.08. The standard InChI is InChI=1S/C10H13ClN2O3S/c11-8-3-1-7(2-4-8)5-17(15,16)6-9(12)10(13)14/h1-4,9H,5-6,12H2,(H2,13,14). The van der Waals surface area contributed by atoms with Crippen LogP contribution in [0.5, 0.6) is 0 Å². The zero-order valence-corrected chi connectivity index (χ0v) is 10.5. The second-order valence-electron chi connectivity index (χ2n) is 3.69. The van der Waals surface area contributed by atoms with Crippen LogP contribution in [0.3, 0.4) is 0 Å². The first kappa shape index (κ1) is 14.0. The smallest absolute Gasteiger partial charge is 0.235 e. The molecule has 0 heterocycles. The molecule has 17 heavy (non-hydrogen) atoms. The van der Waals surface area contributed by atoms with Crippen LogP contribution >= 0.6 is 11.6 Å². The van der Waals surface area contributed by atoms with Crippen molar-refractivity contribution in [3.05, 3.63) is 34.9 Å². The lowest BCUT2D eigenvalue weighted by atomic mass is 10.2. The van der Waals surface area contributed by atoms with Crippen molar-refractivity contribution < 1.29 is 13.2 Å². The van der Waals surface area contributed by atoms with Crippen LogP contribution in [0, 0.1) is 0 Å². The summed E-state index contributed by atoms with van der Waals surface area (Å²) in [6.07, 6.45) is 0. The number of benzene rings is 1. The number of nitrogens with two attached hydrogens (primary N) is 2. The molecule has 1 amide bonds. The van der Waals surface area contributed by atoms with Crippen LogP contribution in [0.25, 0.3) is 0 Å². The first-order valence-electron chi connectivity index (χ1n) is 4.80. The summed E-state index contributed by atoms with van der Waals surface area (Å²) in [5, 5.41) is 0.528. The Bertz CT molecular complexity index is 499. The fraction of sp³-hybridized carbons (Fsp3) is 0.300. The largest absolute Gasteiger partial charge is 0.368 e. The van der Waals surface area contributed by atoms with Crippen molar-refractivity contribution in [2.24, 2.45) is 11.5 Å². The molecule has 5 nitrogen and oxygen atoms in total. The molecule has 1 rings (SSSR count). The maximum absolute atomic E-state index is 11.7. The van der Waals surface area contributed by atoms with Gasteiger partial charge in [0.15, 0.2) is 9.84 Å². The zero-order valence-electron chi connectivity index (χ0n) is 8.97. The van der Waals surface area contributed by atoms with Gasteiger partial charge in [0.1, 0.15) is 0 Å². The Morgan fingerprint density at radius 2 is 1.82 bits per heavy atom. The fourth-order valence-corrected chi connectivity index (χ4v) is 2.90. The number of sulfone groups is 1. The zero-order chi connectivity index (χ0) is 13.1. The summed E-state index contributed by atoms with van der Waals surface area (Å²) in [5.41, 5.74) is 10.8. The summed E-state index contributed by atoms with van der Waals surface area (Å²) in [6.45, 7) is 0. The molecule has 0 aliphatic carbocycles. The summed E-state index contributed by atoms with van der Waals surface area (Å²) in [6, 6.07) is 5.24. The maximum Gasteiger partial charge on any atom is 0.235 e. The molecule has 0 aliphatic heterocycles. The van der Waals surface area contributed by atoms with Crippen molar-refractivity contribution in [2.45, 2.75) is 11.8 Å². The van der Waals surface area contributed by atoms with Gasteiger partial charge in [-0.05, 0) is 17.7 Å². The highest BCUT2D eigenvalue weighted by Crippen LogP contribution is 2.12. The van der Waals surface area contributed by atoms with Crippen LogP contribution in [-0.2, 0) is 20.4 Å². The molecule has 1 unspecified atom stereocenters. The van der Waals surface area contributed by atoms with Gasteiger partial charge in [0, 0.05) is 5.02 Å². The van der Waals surface area contributed by atoms with Crippen LogP contribution < -0.4 is 11.5 Å². The van der Waals surface area contributed by atoms with E-state index in [1.54, 1.807) is 24.3 Å². The van der Waals surface area contributed by atoms with E-state index in [4.69, 9.17) is 23.1 Å². The molecule has 0 aliphatic rings. The number of hydrogen-bond acceptors (Lipinski definition) is 4. The third-order valence-corrected chi connectivity index (χ3v) is 3.99. The average molecular weight is 277 g/mol. The van der Waals surface area contributed by atoms with E-state index in [2.05, 4.69) is 0 Å². The summed E-state index contributed by atoms with van der Waals surface area (Å²) in [7, 11) is -3.46. The van der Waals surface area contributed by atoms with E-state index in [1.807, 2.05) is 0 Å². The summed E-state index contributed by atoms with van der Waals surface area (Å²) in [4.78, 5) is 10.7. The quantitative estimate of drug-likeness (QED) is 0.794. The number of amides is 1. The SMILES string of the molecule is NC(=O)C(N)CS(=O)(=O)Cc1ccc(Cl)cc1. The summed E-state index contributed by atoms with van der Waals surface area (Å²) < 4.78 is 23.4. The van der Waals surface area contributed by atoms with E-state index in [0.717, 1.165) is 0 Å². The third-order valence-electron chi connectivity index (χ3n) is 2.10. The highest BCUT2D eigenvalue weighted by molar-refractivity contribution is 7.90. The molecular formula is C10H13ClN2O3S. The number of halogens is 1. The van der Waals surface area contributed by atoms with E-state index in [-0.39, 0.29) is 5.75 Å². The lowest BCUT2D eigenvalue weighted by molar-refractivity contribution is -0.118. The monoisotopic (exact) mass is 276 g/mol. The van der Waals surface area contributed by atoms with E-state index in [9.17, 15) is 13.2 Å². The average Bonchev–Trinajstić information content (AvgIpc) is 2.20. The van der Waals surface area contributed by atoms with Crippen molar-refractivity contribution in [1.82, 2.24) is 0 Å². The summed E-state index contributed by atoms with van der Waals surface area (Å²) >= 11 is 5.68. The van der Waals surface area contributed by atoms with E-state index < -0.39 is 27.5 Å². The van der Waals surface area contributed by atoms with E-state index in [0.29, 0.717) is 10.6 Å². The van der Waals surface area contributed by atoms with Gasteiger partial charge in [0.05, 0.1) is 17.5 Å². The van der Waals surface area contributed by atoms with Gasteiger partial charge in [-0.1, -0.05) is 23.7 Å². The van der Waals surface area contributed by atoms with Gasteiger partial charge < -0.3 is 11.5 Å². The first-order valence-corrected chi connectivity index (χ1v) is 7.00. The minimum absolute atomic E-state index is 0.189. The van der Waals surface area contributed by atoms with Gasteiger partial charge in [-0.3, -0.25) is 4.79 Å². The number of carbonyl (C=O) groups excluding carboxylic acids is 1. The third kappa shape index (κ3) is 4.72.